The van der Waals surface area contributed by atoms with Crippen LogP contribution in [0.3, 0.4) is 0 Å². The first-order valence-corrected chi connectivity index (χ1v) is 31.4. The van der Waals surface area contributed by atoms with Crippen molar-refractivity contribution in [3.8, 4) is 0 Å². The van der Waals surface area contributed by atoms with Crippen molar-refractivity contribution in [1.29, 1.82) is 0 Å². The van der Waals surface area contributed by atoms with Crippen molar-refractivity contribution in [2.75, 3.05) is 13.2 Å². The number of carbonyl (C=O) groups excluding carboxylic acids is 2. The molecule has 0 bridgehead atoms. The molecule has 416 valence electrons. The van der Waals surface area contributed by atoms with Crippen LogP contribution in [-0.2, 0) is 14.3 Å². The van der Waals surface area contributed by atoms with Gasteiger partial charge in [-0.15, -0.1) is 0 Å². The van der Waals surface area contributed by atoms with E-state index in [9.17, 15) is 19.8 Å². The van der Waals surface area contributed by atoms with E-state index in [1.54, 1.807) is 6.08 Å². The molecule has 0 radical (unpaired) electrons. The lowest BCUT2D eigenvalue weighted by Crippen LogP contribution is -2.45. The molecule has 0 spiro atoms. The number of carbonyl (C=O) groups is 2. The van der Waals surface area contributed by atoms with E-state index in [1.807, 2.05) is 6.08 Å². The Morgan fingerprint density at radius 3 is 1.08 bits per heavy atom. The van der Waals surface area contributed by atoms with E-state index in [2.05, 4.69) is 55.6 Å². The van der Waals surface area contributed by atoms with Crippen LogP contribution in [0.1, 0.15) is 328 Å². The minimum Gasteiger partial charge on any atom is -0.466 e. The first-order valence-electron chi connectivity index (χ1n) is 31.4. The van der Waals surface area contributed by atoms with Crippen LogP contribution in [0.5, 0.6) is 0 Å². The van der Waals surface area contributed by atoms with Crippen molar-refractivity contribution in [2.24, 2.45) is 0 Å². The lowest BCUT2D eigenvalue weighted by molar-refractivity contribution is -0.143. The number of esters is 1. The van der Waals surface area contributed by atoms with Gasteiger partial charge >= 0.3 is 5.97 Å². The Morgan fingerprint density at radius 2 is 0.704 bits per heavy atom. The van der Waals surface area contributed by atoms with Crippen molar-refractivity contribution in [3.63, 3.8) is 0 Å². The zero-order valence-corrected chi connectivity index (χ0v) is 47.5. The van der Waals surface area contributed by atoms with Crippen LogP contribution in [0.25, 0.3) is 0 Å². The van der Waals surface area contributed by atoms with Crippen molar-refractivity contribution in [3.05, 3.63) is 48.6 Å². The number of aliphatic hydroxyl groups is 2. The van der Waals surface area contributed by atoms with Crippen LogP contribution in [-0.4, -0.2) is 47.4 Å². The molecule has 0 saturated heterocycles. The van der Waals surface area contributed by atoms with Gasteiger partial charge in [0.15, 0.2) is 0 Å². The maximum absolute atomic E-state index is 12.5. The van der Waals surface area contributed by atoms with Gasteiger partial charge < -0.3 is 20.3 Å². The van der Waals surface area contributed by atoms with E-state index in [0.29, 0.717) is 19.4 Å². The van der Waals surface area contributed by atoms with E-state index < -0.39 is 12.1 Å². The molecule has 1 amide bonds. The highest BCUT2D eigenvalue weighted by Gasteiger charge is 2.18. The summed E-state index contributed by atoms with van der Waals surface area (Å²) in [4.78, 5) is 24.5. The second kappa shape index (κ2) is 60.4. The summed E-state index contributed by atoms with van der Waals surface area (Å²) in [5.41, 5.74) is 0. The molecule has 0 fully saturated rings. The third-order valence-corrected chi connectivity index (χ3v) is 14.3. The molecule has 0 aromatic rings. The molecule has 0 saturated carbocycles. The number of hydrogen-bond donors (Lipinski definition) is 3. The van der Waals surface area contributed by atoms with Gasteiger partial charge in [-0.2, -0.15) is 0 Å². The number of aliphatic hydroxyl groups excluding tert-OH is 2. The fourth-order valence-corrected chi connectivity index (χ4v) is 9.48. The minimum absolute atomic E-state index is 0.0238. The Bertz CT molecular complexity index is 1190. The molecule has 0 heterocycles. The first-order chi connectivity index (χ1) is 35.0. The summed E-state index contributed by atoms with van der Waals surface area (Å²) in [7, 11) is 0. The van der Waals surface area contributed by atoms with Crippen LogP contribution in [0.4, 0.5) is 0 Å². The van der Waals surface area contributed by atoms with Crippen molar-refractivity contribution < 1.29 is 24.5 Å². The van der Waals surface area contributed by atoms with Crippen LogP contribution in [0.15, 0.2) is 48.6 Å². The normalized spacial score (nSPS) is 12.9. The highest BCUT2D eigenvalue weighted by atomic mass is 16.5. The second-order valence-electron chi connectivity index (χ2n) is 21.4. The quantitative estimate of drug-likeness (QED) is 0.0321. The van der Waals surface area contributed by atoms with E-state index in [-0.39, 0.29) is 18.5 Å². The zero-order valence-electron chi connectivity index (χ0n) is 47.5. The minimum atomic E-state index is -0.857. The Kier molecular flexibility index (Phi) is 58.5. The molecule has 71 heavy (non-hydrogen) atoms. The lowest BCUT2D eigenvalue weighted by Gasteiger charge is -2.20. The predicted molar refractivity (Wildman–Crippen MR) is 310 cm³/mol. The maximum Gasteiger partial charge on any atom is 0.305 e. The van der Waals surface area contributed by atoms with Gasteiger partial charge in [0.25, 0.3) is 0 Å². The molecule has 6 nitrogen and oxygen atoms in total. The van der Waals surface area contributed by atoms with E-state index in [1.165, 1.54) is 218 Å². The van der Waals surface area contributed by atoms with Crippen LogP contribution >= 0.6 is 0 Å². The highest BCUT2D eigenvalue weighted by Crippen LogP contribution is 2.17. The molecule has 0 aromatic carbocycles. The molecular formula is C65H121NO5. The van der Waals surface area contributed by atoms with Crippen LogP contribution < -0.4 is 5.32 Å². The number of hydrogen-bond acceptors (Lipinski definition) is 5. The second-order valence-corrected chi connectivity index (χ2v) is 21.4. The number of unbranched alkanes of at least 4 members (excludes halogenated alkanes) is 41. The first kappa shape index (κ1) is 68.8. The Hall–Kier alpha value is -2.18. The molecule has 0 aliphatic rings. The van der Waals surface area contributed by atoms with Gasteiger partial charge in [0, 0.05) is 12.8 Å². The third kappa shape index (κ3) is 57.0. The number of nitrogens with one attached hydrogen (secondary N) is 1. The number of allylic oxidation sites excluding steroid dienone is 7. The molecule has 2 unspecified atom stereocenters. The SMILES string of the molecule is CCCCCCCCC/C=C\CCCCCCCC(=O)OCCCCC/C=C\C/C=C\CCCCCCCCCC(=O)NC(CO)C(O)/C=C/CCCCCCCCCCCCCCCCCCCCC. The van der Waals surface area contributed by atoms with Crippen LogP contribution in [0.2, 0.25) is 0 Å². The third-order valence-electron chi connectivity index (χ3n) is 14.3. The van der Waals surface area contributed by atoms with Gasteiger partial charge in [-0.25, -0.2) is 0 Å². The summed E-state index contributed by atoms with van der Waals surface area (Å²) in [6.07, 6.45) is 77.2. The predicted octanol–water partition coefficient (Wildman–Crippen LogP) is 19.7. The maximum atomic E-state index is 12.5. The summed E-state index contributed by atoms with van der Waals surface area (Å²) in [5, 5.41) is 23.2. The van der Waals surface area contributed by atoms with Crippen molar-refractivity contribution in [1.82, 2.24) is 5.32 Å². The van der Waals surface area contributed by atoms with Gasteiger partial charge in [-0.1, -0.05) is 268 Å². The summed E-state index contributed by atoms with van der Waals surface area (Å²) >= 11 is 0. The average molecular weight is 997 g/mol. The molecular weight excluding hydrogens is 875 g/mol. The van der Waals surface area contributed by atoms with Gasteiger partial charge in [0.2, 0.25) is 5.91 Å². The smallest absolute Gasteiger partial charge is 0.305 e. The summed E-state index contributed by atoms with van der Waals surface area (Å²) in [6, 6.07) is -0.642. The monoisotopic (exact) mass is 996 g/mol. The lowest BCUT2D eigenvalue weighted by atomic mass is 10.0. The fourth-order valence-electron chi connectivity index (χ4n) is 9.48. The van der Waals surface area contributed by atoms with Gasteiger partial charge in [-0.3, -0.25) is 9.59 Å². The molecule has 0 aliphatic carbocycles. The highest BCUT2D eigenvalue weighted by molar-refractivity contribution is 5.76. The standard InChI is InChI=1S/C65H121NO5/c1-3-5-7-9-11-13-15-17-19-21-22-23-24-26-29-33-37-41-45-49-53-57-63(68)62(61-67)66-64(69)58-54-50-46-42-38-34-30-27-25-28-32-36-40-44-48-52-56-60-71-65(70)59-55-51-47-43-39-35-31-20-18-16-14-12-10-8-6-4-2/h20,25,28,31,36,40,53,57,62-63,67-68H,3-19,21-24,26-27,29-30,32-35,37-39,41-52,54-56,58-61H2,1-2H3,(H,66,69)/b28-25-,31-20-,40-36-,57-53+. The van der Waals surface area contributed by atoms with Gasteiger partial charge in [-0.05, 0) is 96.3 Å². The molecule has 0 aromatic heterocycles. The molecule has 2 atom stereocenters. The largest absolute Gasteiger partial charge is 0.466 e. The van der Waals surface area contributed by atoms with Crippen molar-refractivity contribution in [2.45, 2.75) is 341 Å². The Balaban J connectivity index is 3.53. The fraction of sp³-hybridized carbons (Fsp3) is 0.846. The van der Waals surface area contributed by atoms with Gasteiger partial charge in [0.05, 0.1) is 25.4 Å². The molecule has 3 N–H and O–H groups in total. The molecule has 6 heteroatoms. The summed E-state index contributed by atoms with van der Waals surface area (Å²) in [5.74, 6) is -0.106. The summed E-state index contributed by atoms with van der Waals surface area (Å²) in [6.45, 7) is 4.87. The van der Waals surface area contributed by atoms with E-state index in [0.717, 1.165) is 83.5 Å². The Labute approximate surface area is 442 Å². The summed E-state index contributed by atoms with van der Waals surface area (Å²) < 4.78 is 5.46. The molecule has 0 rings (SSSR count). The molecule has 0 aliphatic heterocycles. The number of amides is 1. The van der Waals surface area contributed by atoms with Gasteiger partial charge in [0.1, 0.15) is 0 Å². The van der Waals surface area contributed by atoms with E-state index in [4.69, 9.17) is 4.74 Å². The number of rotatable bonds is 58. The van der Waals surface area contributed by atoms with Crippen LogP contribution in [0, 0.1) is 0 Å². The topological polar surface area (TPSA) is 95.9 Å². The Morgan fingerprint density at radius 1 is 0.394 bits per heavy atom. The average Bonchev–Trinajstić information content (AvgIpc) is 3.37. The van der Waals surface area contributed by atoms with Crippen molar-refractivity contribution >= 4 is 11.9 Å². The number of ether oxygens (including phenoxy) is 1. The zero-order chi connectivity index (χ0) is 51.4. The van der Waals surface area contributed by atoms with E-state index >= 15 is 0 Å².